The summed E-state index contributed by atoms with van der Waals surface area (Å²) in [6, 6.07) is 5.23. The fourth-order valence-corrected chi connectivity index (χ4v) is 1.77. The van der Waals surface area contributed by atoms with E-state index in [1.807, 2.05) is 0 Å². The molecule has 0 amide bonds. The van der Waals surface area contributed by atoms with Gasteiger partial charge in [-0.15, -0.1) is 0 Å². The van der Waals surface area contributed by atoms with Crippen LogP contribution in [0.5, 0.6) is 5.75 Å². The molecule has 6 heteroatoms. The minimum Gasteiger partial charge on any atom is -0.496 e. The van der Waals surface area contributed by atoms with Crippen LogP contribution in [0.3, 0.4) is 0 Å². The average Bonchev–Trinajstić information content (AvgIpc) is 2.23. The van der Waals surface area contributed by atoms with E-state index >= 15 is 0 Å². The zero-order chi connectivity index (χ0) is 12.9. The van der Waals surface area contributed by atoms with Crippen LogP contribution in [0.2, 0.25) is 0 Å². The molecule has 0 unspecified atom stereocenters. The molecule has 0 bridgehead atoms. The zero-order valence-corrected chi connectivity index (χ0v) is 10.8. The molecule has 1 rings (SSSR count). The predicted octanol–water partition coefficient (Wildman–Crippen LogP) is 3.93. The maximum Gasteiger partial charge on any atom is 0.391 e. The van der Waals surface area contributed by atoms with Crippen molar-refractivity contribution in [1.82, 2.24) is 0 Å². The Balaban J connectivity index is 2.40. The van der Waals surface area contributed by atoms with Crippen LogP contribution in [0.25, 0.3) is 0 Å². The van der Waals surface area contributed by atoms with Gasteiger partial charge >= 0.3 is 6.18 Å². The summed E-state index contributed by atoms with van der Waals surface area (Å²) < 4.78 is 46.2. The number of alkyl halides is 3. The second-order valence-electron chi connectivity index (χ2n) is 3.39. The highest BCUT2D eigenvalue weighted by molar-refractivity contribution is 9.10. The maximum atomic E-state index is 11.8. The van der Waals surface area contributed by atoms with E-state index in [0.717, 1.165) is 10.0 Å². The molecule has 0 spiro atoms. The van der Waals surface area contributed by atoms with E-state index < -0.39 is 12.6 Å². The zero-order valence-electron chi connectivity index (χ0n) is 9.18. The lowest BCUT2D eigenvalue weighted by atomic mass is 10.2. The third-order valence-corrected chi connectivity index (χ3v) is 2.63. The van der Waals surface area contributed by atoms with Crippen LogP contribution in [0.4, 0.5) is 13.2 Å². The van der Waals surface area contributed by atoms with Crippen molar-refractivity contribution < 1.29 is 22.6 Å². The minimum atomic E-state index is -4.17. The standard InChI is InChI=1S/C11H12BrF3O2/c1-16-10-3-2-8(6-9(10)12)7-17-5-4-11(13,14)15/h2-3,6H,4-5,7H2,1H3. The Kier molecular flexibility index (Phi) is 5.27. The normalized spacial score (nSPS) is 11.6. The van der Waals surface area contributed by atoms with Crippen LogP contribution < -0.4 is 4.74 Å². The van der Waals surface area contributed by atoms with E-state index in [1.54, 1.807) is 25.3 Å². The second-order valence-corrected chi connectivity index (χ2v) is 4.24. The molecule has 1 aromatic rings. The van der Waals surface area contributed by atoms with Crippen LogP contribution in [0, 0.1) is 0 Å². The first-order chi connectivity index (χ1) is 7.92. The molecule has 0 aromatic heterocycles. The van der Waals surface area contributed by atoms with Crippen molar-refractivity contribution in [1.29, 1.82) is 0 Å². The molecular weight excluding hydrogens is 301 g/mol. The molecule has 17 heavy (non-hydrogen) atoms. The van der Waals surface area contributed by atoms with Crippen molar-refractivity contribution in [2.24, 2.45) is 0 Å². The van der Waals surface area contributed by atoms with E-state index in [9.17, 15) is 13.2 Å². The Hall–Kier alpha value is -0.750. The molecule has 1 aromatic carbocycles. The van der Waals surface area contributed by atoms with Crippen molar-refractivity contribution in [3.63, 3.8) is 0 Å². The quantitative estimate of drug-likeness (QED) is 0.767. The van der Waals surface area contributed by atoms with Crippen LogP contribution in [0.15, 0.2) is 22.7 Å². The summed E-state index contributed by atoms with van der Waals surface area (Å²) in [6.07, 6.45) is -5.09. The van der Waals surface area contributed by atoms with Crippen LogP contribution >= 0.6 is 15.9 Å². The topological polar surface area (TPSA) is 18.5 Å². The van der Waals surface area contributed by atoms with Gasteiger partial charge in [-0.05, 0) is 33.6 Å². The number of methoxy groups -OCH3 is 1. The van der Waals surface area contributed by atoms with Gasteiger partial charge in [0.15, 0.2) is 0 Å². The predicted molar refractivity (Wildman–Crippen MR) is 61.0 cm³/mol. The Morgan fingerprint density at radius 3 is 2.53 bits per heavy atom. The van der Waals surface area contributed by atoms with Gasteiger partial charge in [-0.2, -0.15) is 13.2 Å². The molecule has 2 nitrogen and oxygen atoms in total. The van der Waals surface area contributed by atoms with Crippen molar-refractivity contribution in [3.05, 3.63) is 28.2 Å². The largest absolute Gasteiger partial charge is 0.496 e. The highest BCUT2D eigenvalue weighted by atomic mass is 79.9. The van der Waals surface area contributed by atoms with E-state index in [0.29, 0.717) is 5.75 Å². The van der Waals surface area contributed by atoms with Crippen molar-refractivity contribution in [3.8, 4) is 5.75 Å². The Bertz CT molecular complexity index is 366. The fraction of sp³-hybridized carbons (Fsp3) is 0.455. The molecule has 0 aliphatic carbocycles. The number of halogens is 4. The highest BCUT2D eigenvalue weighted by Gasteiger charge is 2.26. The lowest BCUT2D eigenvalue weighted by Gasteiger charge is -2.08. The van der Waals surface area contributed by atoms with Gasteiger partial charge in [0, 0.05) is 0 Å². The lowest BCUT2D eigenvalue weighted by Crippen LogP contribution is -2.11. The van der Waals surface area contributed by atoms with E-state index in [2.05, 4.69) is 15.9 Å². The van der Waals surface area contributed by atoms with Crippen molar-refractivity contribution >= 4 is 15.9 Å². The minimum absolute atomic E-state index is 0.151. The summed E-state index contributed by atoms with van der Waals surface area (Å²) in [6.45, 7) is -0.175. The SMILES string of the molecule is COc1ccc(COCCC(F)(F)F)cc1Br. The molecular formula is C11H12BrF3O2. The maximum absolute atomic E-state index is 11.8. The first-order valence-corrected chi connectivity index (χ1v) is 5.68. The summed E-state index contributed by atoms with van der Waals surface area (Å²) in [4.78, 5) is 0. The molecule has 0 saturated heterocycles. The fourth-order valence-electron chi connectivity index (χ4n) is 1.18. The van der Waals surface area contributed by atoms with Crippen LogP contribution in [-0.4, -0.2) is 19.9 Å². The second kappa shape index (κ2) is 6.26. The number of benzene rings is 1. The van der Waals surface area contributed by atoms with Crippen molar-refractivity contribution in [2.45, 2.75) is 19.2 Å². The number of hydrogen-bond donors (Lipinski definition) is 0. The lowest BCUT2D eigenvalue weighted by molar-refractivity contribution is -0.146. The van der Waals surface area contributed by atoms with E-state index in [1.165, 1.54) is 0 Å². The van der Waals surface area contributed by atoms with Crippen molar-refractivity contribution in [2.75, 3.05) is 13.7 Å². The van der Waals surface area contributed by atoms with Gasteiger partial charge in [-0.25, -0.2) is 0 Å². The highest BCUT2D eigenvalue weighted by Crippen LogP contribution is 2.26. The Morgan fingerprint density at radius 2 is 2.00 bits per heavy atom. The van der Waals surface area contributed by atoms with Gasteiger partial charge < -0.3 is 9.47 Å². The smallest absolute Gasteiger partial charge is 0.391 e. The molecule has 0 heterocycles. The summed E-state index contributed by atoms with van der Waals surface area (Å²) >= 11 is 3.29. The summed E-state index contributed by atoms with van der Waals surface area (Å²) in [5.41, 5.74) is 0.792. The monoisotopic (exact) mass is 312 g/mol. The first kappa shape index (κ1) is 14.3. The van der Waals surface area contributed by atoms with Gasteiger partial charge in [0.1, 0.15) is 5.75 Å². The van der Waals surface area contributed by atoms with E-state index in [-0.39, 0.29) is 13.2 Å². The summed E-state index contributed by atoms with van der Waals surface area (Å²) in [5.74, 6) is 0.670. The molecule has 0 fully saturated rings. The molecule has 96 valence electrons. The molecule has 0 aliphatic rings. The summed E-state index contributed by atoms with van der Waals surface area (Å²) in [5, 5.41) is 0. The van der Waals surface area contributed by atoms with Crippen LogP contribution in [0.1, 0.15) is 12.0 Å². The molecule has 0 saturated carbocycles. The van der Waals surface area contributed by atoms with Gasteiger partial charge in [-0.1, -0.05) is 6.07 Å². The Labute approximate surface area is 106 Å². The third kappa shape index (κ3) is 5.41. The Morgan fingerprint density at radius 1 is 1.29 bits per heavy atom. The van der Waals surface area contributed by atoms with Gasteiger partial charge in [0.2, 0.25) is 0 Å². The number of rotatable bonds is 5. The van der Waals surface area contributed by atoms with E-state index in [4.69, 9.17) is 9.47 Å². The first-order valence-electron chi connectivity index (χ1n) is 4.89. The molecule has 0 radical (unpaired) electrons. The molecule has 0 aliphatic heterocycles. The third-order valence-electron chi connectivity index (χ3n) is 2.01. The van der Waals surface area contributed by atoms with Gasteiger partial charge in [0.05, 0.1) is 31.2 Å². The van der Waals surface area contributed by atoms with Crippen LogP contribution in [-0.2, 0) is 11.3 Å². The average molecular weight is 313 g/mol. The number of hydrogen-bond acceptors (Lipinski definition) is 2. The van der Waals surface area contributed by atoms with Gasteiger partial charge in [-0.3, -0.25) is 0 Å². The summed E-state index contributed by atoms with van der Waals surface area (Å²) in [7, 11) is 1.54. The molecule has 0 atom stereocenters. The number of ether oxygens (including phenoxy) is 2. The van der Waals surface area contributed by atoms with Gasteiger partial charge in [0.25, 0.3) is 0 Å². The molecule has 0 N–H and O–H groups in total.